The van der Waals surface area contributed by atoms with Crippen molar-refractivity contribution in [3.8, 4) is 11.1 Å². The Morgan fingerprint density at radius 2 is 2.00 bits per heavy atom. The molecule has 3 rings (SSSR count). The highest BCUT2D eigenvalue weighted by Crippen LogP contribution is 2.28. The summed E-state index contributed by atoms with van der Waals surface area (Å²) in [6.07, 6.45) is 1.05. The quantitative estimate of drug-likeness (QED) is 0.768. The molecule has 0 spiro atoms. The average Bonchev–Trinajstić information content (AvgIpc) is 3.05. The smallest absolute Gasteiger partial charge is 0.290 e. The molecule has 0 aliphatic rings. The average molecular weight is 346 g/mol. The molecule has 5 nitrogen and oxygen atoms in total. The number of amides is 1. The number of hydrogen-bond donors (Lipinski definition) is 1. The lowest BCUT2D eigenvalue weighted by Gasteiger charge is -2.09. The molecule has 0 atom stereocenters. The van der Waals surface area contributed by atoms with Gasteiger partial charge in [0.1, 0.15) is 5.82 Å². The zero-order valence-electron chi connectivity index (χ0n) is 12.5. The summed E-state index contributed by atoms with van der Waals surface area (Å²) in [4.78, 5) is 14.9. The van der Waals surface area contributed by atoms with Crippen LogP contribution in [0.4, 0.5) is 4.39 Å². The van der Waals surface area contributed by atoms with Crippen molar-refractivity contribution in [2.75, 3.05) is 0 Å². The zero-order valence-corrected chi connectivity index (χ0v) is 13.3. The predicted octanol–water partition coefficient (Wildman–Crippen LogP) is 3.41. The third-order valence-corrected chi connectivity index (χ3v) is 3.83. The summed E-state index contributed by atoms with van der Waals surface area (Å²) >= 11 is 5.87. The maximum atomic E-state index is 13.4. The van der Waals surface area contributed by atoms with Gasteiger partial charge in [-0.3, -0.25) is 4.79 Å². The molecule has 0 unspecified atom stereocenters. The number of carbonyl (C=O) groups excluding carboxylic acids is 1. The lowest BCUT2D eigenvalue weighted by atomic mass is 9.96. The van der Waals surface area contributed by atoms with E-state index in [1.807, 2.05) is 24.3 Å². The van der Waals surface area contributed by atoms with Crippen molar-refractivity contribution < 1.29 is 13.7 Å². The molecule has 2 aromatic carbocycles. The molecular formula is C17H13ClFN3O2. The van der Waals surface area contributed by atoms with Crippen LogP contribution >= 0.6 is 11.6 Å². The summed E-state index contributed by atoms with van der Waals surface area (Å²) in [6.45, 7) is 0. The second kappa shape index (κ2) is 6.80. The molecule has 2 N–H and O–H groups in total. The maximum Gasteiger partial charge on any atom is 0.290 e. The van der Waals surface area contributed by atoms with Gasteiger partial charge in [-0.15, -0.1) is 0 Å². The Hall–Kier alpha value is -2.73. The topological polar surface area (TPSA) is 82.0 Å². The standard InChI is InChI=1S/C17H13ClFN3O2/c18-13-9-11(5-7-14(13)19)12-4-2-1-3-10(12)6-8-15-21-17(16(20)23)22-24-15/h1-5,7,9H,6,8H2,(H2,20,23). The molecule has 0 aliphatic heterocycles. The fraction of sp³-hybridized carbons (Fsp3) is 0.118. The van der Waals surface area contributed by atoms with E-state index in [1.54, 1.807) is 12.1 Å². The van der Waals surface area contributed by atoms with Crippen molar-refractivity contribution in [2.45, 2.75) is 12.8 Å². The number of hydrogen-bond acceptors (Lipinski definition) is 4. The van der Waals surface area contributed by atoms with Gasteiger partial charge in [-0.05, 0) is 35.2 Å². The molecule has 122 valence electrons. The second-order valence-electron chi connectivity index (χ2n) is 5.16. The van der Waals surface area contributed by atoms with Crippen LogP contribution in [0.3, 0.4) is 0 Å². The van der Waals surface area contributed by atoms with Gasteiger partial charge in [-0.25, -0.2) is 4.39 Å². The van der Waals surface area contributed by atoms with Gasteiger partial charge >= 0.3 is 0 Å². The van der Waals surface area contributed by atoms with Gasteiger partial charge in [0.15, 0.2) is 0 Å². The largest absolute Gasteiger partial charge is 0.363 e. The number of nitrogens with two attached hydrogens (primary N) is 1. The van der Waals surface area contributed by atoms with Crippen molar-refractivity contribution in [1.29, 1.82) is 0 Å². The van der Waals surface area contributed by atoms with Gasteiger partial charge in [0, 0.05) is 6.42 Å². The molecule has 24 heavy (non-hydrogen) atoms. The number of primary amides is 1. The lowest BCUT2D eigenvalue weighted by Crippen LogP contribution is -2.12. The molecule has 0 aliphatic carbocycles. The number of nitrogens with zero attached hydrogens (tertiary/aromatic N) is 2. The van der Waals surface area contributed by atoms with Gasteiger partial charge in [-0.1, -0.05) is 47.1 Å². The SMILES string of the molecule is NC(=O)c1noc(CCc2ccccc2-c2ccc(F)c(Cl)c2)n1. The molecule has 1 heterocycles. The molecule has 7 heteroatoms. The van der Waals surface area contributed by atoms with Crippen molar-refractivity contribution in [2.24, 2.45) is 5.73 Å². The minimum Gasteiger partial charge on any atom is -0.363 e. The predicted molar refractivity (Wildman–Crippen MR) is 87.1 cm³/mol. The van der Waals surface area contributed by atoms with E-state index < -0.39 is 11.7 Å². The van der Waals surface area contributed by atoms with Crippen LogP contribution in [0.25, 0.3) is 11.1 Å². The summed E-state index contributed by atoms with van der Waals surface area (Å²) in [5.41, 5.74) is 7.87. The first-order valence-corrected chi connectivity index (χ1v) is 7.58. The van der Waals surface area contributed by atoms with E-state index in [0.717, 1.165) is 16.7 Å². The summed E-state index contributed by atoms with van der Waals surface area (Å²) < 4.78 is 18.4. The van der Waals surface area contributed by atoms with Crippen LogP contribution in [-0.2, 0) is 12.8 Å². The Bertz CT molecular complexity index is 895. The number of rotatable bonds is 5. The Morgan fingerprint density at radius 1 is 1.21 bits per heavy atom. The molecule has 0 bridgehead atoms. The van der Waals surface area contributed by atoms with E-state index in [2.05, 4.69) is 10.1 Å². The van der Waals surface area contributed by atoms with Crippen molar-refractivity contribution in [3.05, 3.63) is 70.6 Å². The minimum absolute atomic E-state index is 0.0744. The normalized spacial score (nSPS) is 10.8. The third kappa shape index (κ3) is 3.44. The summed E-state index contributed by atoms with van der Waals surface area (Å²) in [7, 11) is 0. The van der Waals surface area contributed by atoms with Crippen LogP contribution in [-0.4, -0.2) is 16.0 Å². The van der Waals surface area contributed by atoms with Crippen LogP contribution in [0.1, 0.15) is 22.1 Å². The Morgan fingerprint density at radius 3 is 2.71 bits per heavy atom. The molecule has 3 aromatic rings. The second-order valence-corrected chi connectivity index (χ2v) is 5.57. The van der Waals surface area contributed by atoms with E-state index in [0.29, 0.717) is 18.7 Å². The van der Waals surface area contributed by atoms with E-state index in [1.165, 1.54) is 6.07 Å². The number of aromatic nitrogens is 2. The van der Waals surface area contributed by atoms with E-state index in [-0.39, 0.29) is 10.8 Å². The maximum absolute atomic E-state index is 13.4. The van der Waals surface area contributed by atoms with Gasteiger partial charge in [0.05, 0.1) is 5.02 Å². The number of aryl methyl sites for hydroxylation is 2. The zero-order chi connectivity index (χ0) is 17.1. The van der Waals surface area contributed by atoms with Crippen molar-refractivity contribution in [3.63, 3.8) is 0 Å². The van der Waals surface area contributed by atoms with E-state index >= 15 is 0 Å². The fourth-order valence-electron chi connectivity index (χ4n) is 2.38. The van der Waals surface area contributed by atoms with Crippen molar-refractivity contribution >= 4 is 17.5 Å². The molecular weight excluding hydrogens is 333 g/mol. The molecule has 0 fully saturated rings. The van der Waals surface area contributed by atoms with Crippen LogP contribution in [0.2, 0.25) is 5.02 Å². The summed E-state index contributed by atoms with van der Waals surface area (Å²) in [5, 5.41) is 3.58. The highest BCUT2D eigenvalue weighted by molar-refractivity contribution is 6.31. The van der Waals surface area contributed by atoms with Gasteiger partial charge in [0.25, 0.3) is 11.7 Å². The van der Waals surface area contributed by atoms with Gasteiger partial charge in [0.2, 0.25) is 5.89 Å². The highest BCUT2D eigenvalue weighted by Gasteiger charge is 2.12. The molecule has 0 saturated carbocycles. The number of halogens is 2. The summed E-state index contributed by atoms with van der Waals surface area (Å²) in [5.74, 6) is -0.992. The van der Waals surface area contributed by atoms with Gasteiger partial charge in [-0.2, -0.15) is 4.98 Å². The van der Waals surface area contributed by atoms with Crippen molar-refractivity contribution in [1.82, 2.24) is 10.1 Å². The first-order valence-electron chi connectivity index (χ1n) is 7.20. The third-order valence-electron chi connectivity index (χ3n) is 3.54. The van der Waals surface area contributed by atoms with Crippen LogP contribution < -0.4 is 5.73 Å². The minimum atomic E-state index is -0.730. The number of carbonyl (C=O) groups is 1. The Kier molecular flexibility index (Phi) is 4.57. The van der Waals surface area contributed by atoms with Crippen LogP contribution in [0, 0.1) is 5.82 Å². The molecule has 1 aromatic heterocycles. The van der Waals surface area contributed by atoms with E-state index in [9.17, 15) is 9.18 Å². The highest BCUT2D eigenvalue weighted by atomic mass is 35.5. The van der Waals surface area contributed by atoms with Crippen LogP contribution in [0.5, 0.6) is 0 Å². The summed E-state index contributed by atoms with van der Waals surface area (Å²) in [6, 6.07) is 12.3. The van der Waals surface area contributed by atoms with Crippen LogP contribution in [0.15, 0.2) is 47.0 Å². The monoisotopic (exact) mass is 345 g/mol. The first-order chi connectivity index (χ1) is 11.5. The van der Waals surface area contributed by atoms with E-state index in [4.69, 9.17) is 21.9 Å². The molecule has 0 saturated heterocycles. The first kappa shape index (κ1) is 16.1. The molecule has 0 radical (unpaired) electrons. The lowest BCUT2D eigenvalue weighted by molar-refractivity contribution is 0.0987. The van der Waals surface area contributed by atoms with Gasteiger partial charge < -0.3 is 10.3 Å². The molecule has 1 amide bonds. The Balaban J connectivity index is 1.83. The fourth-order valence-corrected chi connectivity index (χ4v) is 2.56. The number of benzene rings is 2. The Labute approximate surface area is 142 Å².